The van der Waals surface area contributed by atoms with Gasteiger partial charge in [-0.15, -0.1) is 0 Å². The van der Waals surface area contributed by atoms with Gasteiger partial charge < -0.3 is 4.57 Å². The molecule has 3 heteroatoms. The molecule has 10 rings (SSSR count). The average Bonchev–Trinajstić information content (AvgIpc) is 3.59. The first-order chi connectivity index (χ1) is 26.3. The van der Waals surface area contributed by atoms with E-state index < -0.39 is 0 Å². The maximum atomic E-state index is 5.06. The molecule has 0 atom stereocenters. The van der Waals surface area contributed by atoms with Crippen LogP contribution in [0.15, 0.2) is 200 Å². The number of rotatable bonds is 6. The molecule has 248 valence electrons. The van der Waals surface area contributed by atoms with Crippen molar-refractivity contribution in [3.05, 3.63) is 200 Å². The van der Waals surface area contributed by atoms with Crippen LogP contribution in [-0.4, -0.2) is 14.5 Å². The molecule has 0 aliphatic carbocycles. The summed E-state index contributed by atoms with van der Waals surface area (Å²) in [6.07, 6.45) is 0. The highest BCUT2D eigenvalue weighted by Crippen LogP contribution is 2.39. The molecule has 0 radical (unpaired) electrons. The van der Waals surface area contributed by atoms with Gasteiger partial charge in [-0.1, -0.05) is 152 Å². The highest BCUT2D eigenvalue weighted by molar-refractivity contribution is 6.21. The van der Waals surface area contributed by atoms with Gasteiger partial charge in [0.05, 0.1) is 22.4 Å². The second kappa shape index (κ2) is 12.9. The number of hydrogen-bond donors (Lipinski definition) is 0. The van der Waals surface area contributed by atoms with Crippen LogP contribution in [0.4, 0.5) is 0 Å². The summed E-state index contributed by atoms with van der Waals surface area (Å²) < 4.78 is 2.38. The molecule has 0 fully saturated rings. The van der Waals surface area contributed by atoms with Crippen LogP contribution in [0.1, 0.15) is 0 Å². The third-order valence-corrected chi connectivity index (χ3v) is 10.2. The first-order valence-electron chi connectivity index (χ1n) is 18.0. The van der Waals surface area contributed by atoms with Crippen LogP contribution in [-0.2, 0) is 0 Å². The lowest BCUT2D eigenvalue weighted by Crippen LogP contribution is -1.97. The Morgan fingerprint density at radius 2 is 0.811 bits per heavy atom. The van der Waals surface area contributed by atoms with Gasteiger partial charge in [0.1, 0.15) is 0 Å². The lowest BCUT2D eigenvalue weighted by atomic mass is 9.96. The molecule has 10 aromatic rings. The van der Waals surface area contributed by atoms with Crippen LogP contribution >= 0.6 is 0 Å². The standard InChI is InChI=1S/C50H33N3/c1-4-12-34(13-5-1)35-20-22-36(23-21-35)41-25-24-37-28-31-48-49(44(37)32-41)43-18-10-11-19-47(43)53(48)42-29-26-40(27-30-42)50-51-45(38-14-6-2-7-15-38)33-46(52-50)39-16-8-3-9-17-39/h1-33H. The van der Waals surface area contributed by atoms with E-state index in [0.29, 0.717) is 5.82 Å². The van der Waals surface area contributed by atoms with Crippen molar-refractivity contribution in [2.45, 2.75) is 0 Å². The van der Waals surface area contributed by atoms with Gasteiger partial charge in [0, 0.05) is 33.2 Å². The van der Waals surface area contributed by atoms with Crippen molar-refractivity contribution in [2.24, 2.45) is 0 Å². The Kier molecular flexibility index (Phi) is 7.47. The number of aromatic nitrogens is 3. The van der Waals surface area contributed by atoms with E-state index in [1.165, 1.54) is 54.8 Å². The monoisotopic (exact) mass is 675 g/mol. The molecular weight excluding hydrogens is 643 g/mol. The summed E-state index contributed by atoms with van der Waals surface area (Å²) in [5.41, 5.74) is 13.2. The van der Waals surface area contributed by atoms with Crippen LogP contribution in [0.25, 0.3) is 94.4 Å². The largest absolute Gasteiger partial charge is 0.309 e. The maximum Gasteiger partial charge on any atom is 0.160 e. The molecule has 53 heavy (non-hydrogen) atoms. The van der Waals surface area contributed by atoms with E-state index in [9.17, 15) is 0 Å². The lowest BCUT2D eigenvalue weighted by Gasteiger charge is -2.12. The first kappa shape index (κ1) is 30.7. The Morgan fingerprint density at radius 3 is 1.45 bits per heavy atom. The van der Waals surface area contributed by atoms with E-state index >= 15 is 0 Å². The zero-order valence-corrected chi connectivity index (χ0v) is 28.9. The Morgan fingerprint density at radius 1 is 0.321 bits per heavy atom. The Hall–Kier alpha value is -7.10. The fourth-order valence-electron chi connectivity index (χ4n) is 7.58. The van der Waals surface area contributed by atoms with E-state index in [2.05, 4.69) is 168 Å². The van der Waals surface area contributed by atoms with Gasteiger partial charge in [-0.05, 0) is 81.6 Å². The summed E-state index contributed by atoms with van der Waals surface area (Å²) in [6, 6.07) is 70.9. The van der Waals surface area contributed by atoms with Gasteiger partial charge >= 0.3 is 0 Å². The molecule has 2 heterocycles. The summed E-state index contributed by atoms with van der Waals surface area (Å²) in [6.45, 7) is 0. The van der Waals surface area contributed by atoms with E-state index in [1.807, 2.05) is 36.4 Å². The van der Waals surface area contributed by atoms with Gasteiger partial charge in [0.25, 0.3) is 0 Å². The number of para-hydroxylation sites is 1. The predicted molar refractivity (Wildman–Crippen MR) is 221 cm³/mol. The lowest BCUT2D eigenvalue weighted by molar-refractivity contribution is 1.16. The molecule has 0 amide bonds. The summed E-state index contributed by atoms with van der Waals surface area (Å²) >= 11 is 0. The van der Waals surface area contributed by atoms with Crippen LogP contribution in [0.2, 0.25) is 0 Å². The van der Waals surface area contributed by atoms with Crippen molar-refractivity contribution in [1.82, 2.24) is 14.5 Å². The van der Waals surface area contributed by atoms with Gasteiger partial charge in [-0.3, -0.25) is 0 Å². The third-order valence-electron chi connectivity index (χ3n) is 10.2. The highest BCUT2D eigenvalue weighted by Gasteiger charge is 2.16. The molecule has 0 aliphatic heterocycles. The normalized spacial score (nSPS) is 11.4. The number of nitrogens with zero attached hydrogens (tertiary/aromatic N) is 3. The van der Waals surface area contributed by atoms with Crippen molar-refractivity contribution >= 4 is 32.6 Å². The van der Waals surface area contributed by atoms with E-state index in [1.54, 1.807) is 0 Å². The van der Waals surface area contributed by atoms with E-state index in [4.69, 9.17) is 9.97 Å². The van der Waals surface area contributed by atoms with Crippen LogP contribution < -0.4 is 0 Å². The second-order valence-corrected chi connectivity index (χ2v) is 13.4. The smallest absolute Gasteiger partial charge is 0.160 e. The number of benzene rings is 8. The predicted octanol–water partition coefficient (Wildman–Crippen LogP) is 13.1. The van der Waals surface area contributed by atoms with E-state index in [-0.39, 0.29) is 0 Å². The molecule has 0 saturated heterocycles. The summed E-state index contributed by atoms with van der Waals surface area (Å²) in [5, 5.41) is 4.97. The van der Waals surface area contributed by atoms with Gasteiger partial charge in [-0.2, -0.15) is 0 Å². The summed E-state index contributed by atoms with van der Waals surface area (Å²) in [7, 11) is 0. The molecule has 3 nitrogen and oxygen atoms in total. The SMILES string of the molecule is c1ccc(-c2ccc(-c3ccc4ccc5c(c4c3)c3ccccc3n5-c3ccc(-c4nc(-c5ccccc5)cc(-c5ccccc5)n4)cc3)cc2)cc1. The summed E-state index contributed by atoms with van der Waals surface area (Å²) in [5.74, 6) is 0.703. The second-order valence-electron chi connectivity index (χ2n) is 13.4. The molecular formula is C50H33N3. The Bertz CT molecular complexity index is 2840. The minimum atomic E-state index is 0.703. The number of fused-ring (bicyclic) bond motifs is 5. The fourth-order valence-corrected chi connectivity index (χ4v) is 7.58. The molecule has 2 aromatic heterocycles. The van der Waals surface area contributed by atoms with Gasteiger partial charge in [0.2, 0.25) is 0 Å². The molecule has 8 aromatic carbocycles. The minimum absolute atomic E-state index is 0.703. The molecule has 0 N–H and O–H groups in total. The van der Waals surface area contributed by atoms with E-state index in [0.717, 1.165) is 33.8 Å². The average molecular weight is 676 g/mol. The van der Waals surface area contributed by atoms with Crippen LogP contribution in [0.3, 0.4) is 0 Å². The third kappa shape index (κ3) is 5.56. The fraction of sp³-hybridized carbons (Fsp3) is 0. The van der Waals surface area contributed by atoms with Crippen molar-refractivity contribution in [1.29, 1.82) is 0 Å². The van der Waals surface area contributed by atoms with Crippen LogP contribution in [0, 0.1) is 0 Å². The number of hydrogen-bond acceptors (Lipinski definition) is 2. The summed E-state index contributed by atoms with van der Waals surface area (Å²) in [4.78, 5) is 10.1. The molecule has 0 spiro atoms. The van der Waals surface area contributed by atoms with Crippen molar-refractivity contribution < 1.29 is 0 Å². The quantitative estimate of drug-likeness (QED) is 0.176. The maximum absolute atomic E-state index is 5.06. The van der Waals surface area contributed by atoms with Crippen LogP contribution in [0.5, 0.6) is 0 Å². The first-order valence-corrected chi connectivity index (χ1v) is 18.0. The molecule has 0 unspecified atom stereocenters. The molecule has 0 saturated carbocycles. The van der Waals surface area contributed by atoms with Gasteiger partial charge in [-0.25, -0.2) is 9.97 Å². The zero-order chi connectivity index (χ0) is 35.1. The molecule has 0 aliphatic rings. The Labute approximate surface area is 308 Å². The zero-order valence-electron chi connectivity index (χ0n) is 28.9. The Balaban J connectivity index is 1.08. The molecule has 0 bridgehead atoms. The topological polar surface area (TPSA) is 30.7 Å². The van der Waals surface area contributed by atoms with Crippen molar-refractivity contribution in [2.75, 3.05) is 0 Å². The highest BCUT2D eigenvalue weighted by atomic mass is 15.0. The van der Waals surface area contributed by atoms with Gasteiger partial charge in [0.15, 0.2) is 5.82 Å². The van der Waals surface area contributed by atoms with Crippen molar-refractivity contribution in [3.8, 4) is 61.8 Å². The van der Waals surface area contributed by atoms with Crippen molar-refractivity contribution in [3.63, 3.8) is 0 Å². The minimum Gasteiger partial charge on any atom is -0.309 e.